The topological polar surface area (TPSA) is 57.3 Å². The van der Waals surface area contributed by atoms with Crippen LogP contribution in [0.25, 0.3) is 10.2 Å². The second kappa shape index (κ2) is 8.05. The number of thiazole rings is 1. The first-order valence-electron chi connectivity index (χ1n) is 8.18. The van der Waals surface area contributed by atoms with E-state index in [0.29, 0.717) is 18.1 Å². The predicted molar refractivity (Wildman–Crippen MR) is 105 cm³/mol. The van der Waals surface area contributed by atoms with Crippen molar-refractivity contribution < 1.29 is 14.2 Å². The summed E-state index contributed by atoms with van der Waals surface area (Å²) in [7, 11) is 5.19. The number of hydrogen-bond acceptors (Lipinski definition) is 6. The quantitative estimate of drug-likeness (QED) is 0.491. The first-order valence-corrected chi connectivity index (χ1v) is 9.00. The van der Waals surface area contributed by atoms with E-state index in [2.05, 4.69) is 10.2 Å². The number of hydrogen-bond donors (Lipinski definition) is 0. The number of nitrogens with zero attached hydrogens (tertiary/aromatic N) is 3. The molecule has 0 N–H and O–H groups in total. The van der Waals surface area contributed by atoms with Crippen LogP contribution in [0.5, 0.6) is 17.2 Å². The molecule has 0 radical (unpaired) electrons. The molecular weight excluding hydrogens is 350 g/mol. The Kier molecular flexibility index (Phi) is 5.58. The Morgan fingerprint density at radius 1 is 1.15 bits per heavy atom. The number of fused-ring (bicyclic) bond motifs is 1. The second-order valence-electron chi connectivity index (χ2n) is 5.43. The summed E-state index contributed by atoms with van der Waals surface area (Å²) in [6.45, 7) is 2.62. The van der Waals surface area contributed by atoms with E-state index in [0.717, 1.165) is 26.3 Å². The van der Waals surface area contributed by atoms with Crippen molar-refractivity contribution in [1.29, 1.82) is 0 Å². The van der Waals surface area contributed by atoms with E-state index in [9.17, 15) is 0 Å². The van der Waals surface area contributed by atoms with Crippen molar-refractivity contribution in [2.24, 2.45) is 17.3 Å². The Morgan fingerprint density at radius 3 is 2.73 bits per heavy atom. The summed E-state index contributed by atoms with van der Waals surface area (Å²) in [6, 6.07) is 11.7. The van der Waals surface area contributed by atoms with Gasteiger partial charge in [0.25, 0.3) is 0 Å². The van der Waals surface area contributed by atoms with Crippen molar-refractivity contribution in [2.75, 3.05) is 20.8 Å². The van der Waals surface area contributed by atoms with E-state index < -0.39 is 0 Å². The average Bonchev–Trinajstić information content (AvgIpc) is 2.97. The first-order chi connectivity index (χ1) is 12.7. The molecule has 0 aliphatic rings. The highest BCUT2D eigenvalue weighted by Gasteiger charge is 2.07. The lowest BCUT2D eigenvalue weighted by Gasteiger charge is -2.08. The molecule has 7 heteroatoms. The van der Waals surface area contributed by atoms with Gasteiger partial charge < -0.3 is 18.8 Å². The molecule has 26 heavy (non-hydrogen) atoms. The first kappa shape index (κ1) is 18.0. The van der Waals surface area contributed by atoms with Crippen molar-refractivity contribution in [2.45, 2.75) is 6.92 Å². The van der Waals surface area contributed by atoms with Gasteiger partial charge in [0.2, 0.25) is 4.80 Å². The molecule has 136 valence electrons. The molecule has 0 aliphatic carbocycles. The van der Waals surface area contributed by atoms with Crippen molar-refractivity contribution >= 4 is 27.8 Å². The van der Waals surface area contributed by atoms with E-state index in [1.165, 1.54) is 0 Å². The SMILES string of the molecule is CCOc1ccc2c(c1)s/c(=N\N=C/c1cccc(OC)c1OC)n2C. The van der Waals surface area contributed by atoms with Crippen LogP contribution in [0.4, 0.5) is 0 Å². The molecule has 0 aliphatic heterocycles. The van der Waals surface area contributed by atoms with Gasteiger partial charge in [-0.05, 0) is 37.3 Å². The summed E-state index contributed by atoms with van der Waals surface area (Å²) in [5.41, 5.74) is 1.89. The van der Waals surface area contributed by atoms with Gasteiger partial charge in [0.05, 0.1) is 37.3 Å². The van der Waals surface area contributed by atoms with Crippen LogP contribution in [-0.4, -0.2) is 31.6 Å². The van der Waals surface area contributed by atoms with E-state index in [1.807, 2.05) is 54.9 Å². The maximum atomic E-state index is 5.56. The zero-order valence-electron chi connectivity index (χ0n) is 15.2. The normalized spacial score (nSPS) is 12.1. The van der Waals surface area contributed by atoms with Crippen LogP contribution in [-0.2, 0) is 7.05 Å². The van der Waals surface area contributed by atoms with Crippen molar-refractivity contribution in [3.63, 3.8) is 0 Å². The Balaban J connectivity index is 1.96. The summed E-state index contributed by atoms with van der Waals surface area (Å²) >= 11 is 1.56. The number of methoxy groups -OCH3 is 2. The monoisotopic (exact) mass is 371 g/mol. The molecule has 1 heterocycles. The van der Waals surface area contributed by atoms with Gasteiger partial charge in [0.1, 0.15) is 5.75 Å². The highest BCUT2D eigenvalue weighted by atomic mass is 32.1. The lowest BCUT2D eigenvalue weighted by atomic mass is 10.2. The standard InChI is InChI=1S/C19H21N3O3S/c1-5-25-14-9-10-15-17(11-14)26-19(22(15)2)21-20-12-13-7-6-8-16(23-3)18(13)24-4/h6-12H,5H2,1-4H3/b20-12-,21-19-. The van der Waals surface area contributed by atoms with Gasteiger partial charge in [-0.3, -0.25) is 0 Å². The van der Waals surface area contributed by atoms with Gasteiger partial charge >= 0.3 is 0 Å². The Morgan fingerprint density at radius 2 is 2.00 bits per heavy atom. The minimum absolute atomic E-state index is 0.635. The third-order valence-electron chi connectivity index (χ3n) is 3.87. The summed E-state index contributed by atoms with van der Waals surface area (Å²) < 4.78 is 19.4. The van der Waals surface area contributed by atoms with E-state index >= 15 is 0 Å². The summed E-state index contributed by atoms with van der Waals surface area (Å²) in [6.07, 6.45) is 1.66. The van der Waals surface area contributed by atoms with Gasteiger partial charge in [-0.1, -0.05) is 17.4 Å². The van der Waals surface area contributed by atoms with Crippen LogP contribution >= 0.6 is 11.3 Å². The largest absolute Gasteiger partial charge is 0.494 e. The number of para-hydroxylation sites is 1. The van der Waals surface area contributed by atoms with Crippen LogP contribution in [0.1, 0.15) is 12.5 Å². The molecule has 0 saturated carbocycles. The minimum atomic E-state index is 0.635. The van der Waals surface area contributed by atoms with Crippen LogP contribution in [0.3, 0.4) is 0 Å². The van der Waals surface area contributed by atoms with E-state index in [4.69, 9.17) is 14.2 Å². The molecule has 0 unspecified atom stereocenters. The Bertz CT molecular complexity index is 1000. The minimum Gasteiger partial charge on any atom is -0.494 e. The smallest absolute Gasteiger partial charge is 0.211 e. The summed E-state index contributed by atoms with van der Waals surface area (Å²) in [5.74, 6) is 2.15. The fraction of sp³-hybridized carbons (Fsp3) is 0.263. The van der Waals surface area contributed by atoms with Gasteiger partial charge in [0.15, 0.2) is 11.5 Å². The molecule has 1 aromatic heterocycles. The van der Waals surface area contributed by atoms with Crippen molar-refractivity contribution in [3.8, 4) is 17.2 Å². The fourth-order valence-electron chi connectivity index (χ4n) is 2.62. The number of benzene rings is 2. The third kappa shape index (κ3) is 3.57. The molecular formula is C19H21N3O3S. The van der Waals surface area contributed by atoms with Crippen molar-refractivity contribution in [3.05, 3.63) is 46.8 Å². The zero-order chi connectivity index (χ0) is 18.5. The second-order valence-corrected chi connectivity index (χ2v) is 6.44. The molecule has 0 atom stereocenters. The van der Waals surface area contributed by atoms with Gasteiger partial charge in [-0.15, -0.1) is 5.10 Å². The molecule has 2 aromatic carbocycles. The number of aryl methyl sites for hydroxylation is 1. The van der Waals surface area contributed by atoms with Crippen LogP contribution in [0.15, 0.2) is 46.6 Å². The lowest BCUT2D eigenvalue weighted by molar-refractivity contribution is 0.341. The molecule has 0 fully saturated rings. The molecule has 0 bridgehead atoms. The van der Waals surface area contributed by atoms with Gasteiger partial charge in [0, 0.05) is 12.6 Å². The van der Waals surface area contributed by atoms with E-state index in [-0.39, 0.29) is 0 Å². The lowest BCUT2D eigenvalue weighted by Crippen LogP contribution is -2.09. The van der Waals surface area contributed by atoms with Crippen LogP contribution < -0.4 is 19.0 Å². The zero-order valence-corrected chi connectivity index (χ0v) is 16.0. The van der Waals surface area contributed by atoms with Crippen LogP contribution in [0, 0.1) is 0 Å². The summed E-state index contributed by atoms with van der Waals surface area (Å²) in [5, 5.41) is 8.59. The molecule has 0 saturated heterocycles. The maximum Gasteiger partial charge on any atom is 0.211 e. The molecule has 3 rings (SSSR count). The highest BCUT2D eigenvalue weighted by Crippen LogP contribution is 2.29. The molecule has 6 nitrogen and oxygen atoms in total. The number of ether oxygens (including phenoxy) is 3. The average molecular weight is 371 g/mol. The third-order valence-corrected chi connectivity index (χ3v) is 4.95. The number of aromatic nitrogens is 1. The highest BCUT2D eigenvalue weighted by molar-refractivity contribution is 7.16. The maximum absolute atomic E-state index is 5.56. The Hall–Kier alpha value is -2.80. The number of rotatable bonds is 6. The predicted octanol–water partition coefficient (Wildman–Crippen LogP) is 3.59. The van der Waals surface area contributed by atoms with Crippen LogP contribution in [0.2, 0.25) is 0 Å². The van der Waals surface area contributed by atoms with E-state index in [1.54, 1.807) is 31.8 Å². The Labute approximate surface area is 156 Å². The van der Waals surface area contributed by atoms with Gasteiger partial charge in [-0.2, -0.15) is 5.10 Å². The molecule has 3 aromatic rings. The van der Waals surface area contributed by atoms with Crippen molar-refractivity contribution in [1.82, 2.24) is 4.57 Å². The molecule has 0 amide bonds. The van der Waals surface area contributed by atoms with Gasteiger partial charge in [-0.25, -0.2) is 0 Å². The summed E-state index contributed by atoms with van der Waals surface area (Å²) in [4.78, 5) is 0.798. The molecule has 0 spiro atoms. The fourth-order valence-corrected chi connectivity index (χ4v) is 3.63.